The number of methoxy groups -OCH3 is 1. The highest BCUT2D eigenvalue weighted by Gasteiger charge is 2.19. The number of ether oxygens (including phenoxy) is 2. The van der Waals surface area contributed by atoms with E-state index in [0.717, 1.165) is 42.4 Å². The Hall–Kier alpha value is -2.78. The second kappa shape index (κ2) is 10.0. The van der Waals surface area contributed by atoms with Crippen molar-refractivity contribution in [1.29, 1.82) is 0 Å². The molecule has 1 N–H and O–H groups in total. The molecular weight excluding hydrogens is 414 g/mol. The molecule has 9 heteroatoms. The van der Waals surface area contributed by atoms with E-state index in [0.29, 0.717) is 18.1 Å². The molecule has 2 aromatic heterocycles. The Morgan fingerprint density at radius 1 is 1.29 bits per heavy atom. The molecule has 1 fully saturated rings. The van der Waals surface area contributed by atoms with Gasteiger partial charge in [-0.15, -0.1) is 10.2 Å². The van der Waals surface area contributed by atoms with Gasteiger partial charge in [-0.05, 0) is 49.2 Å². The minimum absolute atomic E-state index is 0.0336. The van der Waals surface area contributed by atoms with Crippen LogP contribution in [-0.2, 0) is 23.0 Å². The van der Waals surface area contributed by atoms with Gasteiger partial charge in [0.05, 0.1) is 19.0 Å². The fourth-order valence-electron chi connectivity index (χ4n) is 3.56. The number of thioether (sulfide) groups is 1. The normalized spacial score (nSPS) is 15.9. The number of rotatable bonds is 9. The first-order valence-corrected chi connectivity index (χ1v) is 11.3. The number of benzene rings is 1. The van der Waals surface area contributed by atoms with Crippen molar-refractivity contribution in [3.8, 4) is 11.4 Å². The van der Waals surface area contributed by atoms with Gasteiger partial charge < -0.3 is 19.4 Å². The molecule has 3 aromatic rings. The van der Waals surface area contributed by atoms with Crippen LogP contribution in [0, 0.1) is 0 Å². The summed E-state index contributed by atoms with van der Waals surface area (Å²) in [6, 6.07) is 11.8. The summed E-state index contributed by atoms with van der Waals surface area (Å²) in [5, 5.41) is 12.5. The SMILES string of the molecule is COc1ccc(-n2c(Cc3cccn3C)nnc2SCC(=O)NC[C@@H]2CCCO2)cc1. The Morgan fingerprint density at radius 2 is 2.13 bits per heavy atom. The van der Waals surface area contributed by atoms with Gasteiger partial charge in [0.1, 0.15) is 11.6 Å². The largest absolute Gasteiger partial charge is 0.497 e. The molecule has 3 heterocycles. The van der Waals surface area contributed by atoms with Gasteiger partial charge in [-0.2, -0.15) is 0 Å². The molecule has 0 saturated carbocycles. The molecule has 1 aromatic carbocycles. The molecule has 0 spiro atoms. The summed E-state index contributed by atoms with van der Waals surface area (Å²) in [4.78, 5) is 12.3. The van der Waals surface area contributed by atoms with Gasteiger partial charge in [0.2, 0.25) is 5.91 Å². The number of aromatic nitrogens is 4. The van der Waals surface area contributed by atoms with Crippen LogP contribution < -0.4 is 10.1 Å². The number of carbonyl (C=O) groups is 1. The second-order valence-corrected chi connectivity index (χ2v) is 8.39. The lowest BCUT2D eigenvalue weighted by molar-refractivity contribution is -0.119. The van der Waals surface area contributed by atoms with Crippen molar-refractivity contribution in [3.05, 3.63) is 54.1 Å². The summed E-state index contributed by atoms with van der Waals surface area (Å²) in [5.41, 5.74) is 2.06. The number of hydrogen-bond donors (Lipinski definition) is 1. The summed E-state index contributed by atoms with van der Waals surface area (Å²) in [6.45, 7) is 1.34. The Labute approximate surface area is 185 Å². The Kier molecular flexibility index (Phi) is 6.93. The molecule has 1 aliphatic heterocycles. The minimum atomic E-state index is -0.0336. The maximum atomic E-state index is 12.3. The van der Waals surface area contributed by atoms with Crippen molar-refractivity contribution < 1.29 is 14.3 Å². The van der Waals surface area contributed by atoms with Gasteiger partial charge in [0.25, 0.3) is 0 Å². The second-order valence-electron chi connectivity index (χ2n) is 7.45. The molecule has 1 saturated heterocycles. The maximum absolute atomic E-state index is 12.3. The summed E-state index contributed by atoms with van der Waals surface area (Å²) < 4.78 is 14.9. The molecule has 0 aliphatic carbocycles. The molecule has 0 radical (unpaired) electrons. The van der Waals surface area contributed by atoms with Crippen LogP contribution in [-0.4, -0.2) is 57.4 Å². The maximum Gasteiger partial charge on any atom is 0.230 e. The molecule has 0 bridgehead atoms. The highest BCUT2D eigenvalue weighted by atomic mass is 32.2. The van der Waals surface area contributed by atoms with Crippen LogP contribution in [0.25, 0.3) is 5.69 Å². The Morgan fingerprint density at radius 3 is 2.81 bits per heavy atom. The van der Waals surface area contributed by atoms with Crippen LogP contribution in [0.15, 0.2) is 47.8 Å². The summed E-state index contributed by atoms with van der Waals surface area (Å²) in [5.74, 6) is 1.83. The van der Waals surface area contributed by atoms with E-state index in [1.807, 2.05) is 48.1 Å². The first-order valence-electron chi connectivity index (χ1n) is 10.3. The monoisotopic (exact) mass is 441 g/mol. The fourth-order valence-corrected chi connectivity index (χ4v) is 4.36. The van der Waals surface area contributed by atoms with E-state index in [1.165, 1.54) is 11.8 Å². The van der Waals surface area contributed by atoms with E-state index in [9.17, 15) is 4.79 Å². The van der Waals surface area contributed by atoms with Crippen LogP contribution in [0.2, 0.25) is 0 Å². The van der Waals surface area contributed by atoms with Gasteiger partial charge in [-0.3, -0.25) is 9.36 Å². The van der Waals surface area contributed by atoms with E-state index in [-0.39, 0.29) is 17.8 Å². The van der Waals surface area contributed by atoms with Crippen LogP contribution in [0.3, 0.4) is 0 Å². The first kappa shape index (κ1) is 21.5. The van der Waals surface area contributed by atoms with Gasteiger partial charge in [-0.25, -0.2) is 0 Å². The number of nitrogens with zero attached hydrogens (tertiary/aromatic N) is 4. The smallest absolute Gasteiger partial charge is 0.230 e. The lowest BCUT2D eigenvalue weighted by Crippen LogP contribution is -2.32. The molecule has 4 rings (SSSR count). The van der Waals surface area contributed by atoms with Gasteiger partial charge >= 0.3 is 0 Å². The number of hydrogen-bond acceptors (Lipinski definition) is 6. The number of carbonyl (C=O) groups excluding carboxylic acids is 1. The van der Waals surface area contributed by atoms with E-state index < -0.39 is 0 Å². The number of amides is 1. The topological polar surface area (TPSA) is 83.2 Å². The van der Waals surface area contributed by atoms with Crippen molar-refractivity contribution in [2.24, 2.45) is 7.05 Å². The lowest BCUT2D eigenvalue weighted by atomic mass is 10.2. The van der Waals surface area contributed by atoms with E-state index in [2.05, 4.69) is 26.1 Å². The van der Waals surface area contributed by atoms with Crippen LogP contribution in [0.5, 0.6) is 5.75 Å². The Bertz CT molecular complexity index is 1010. The highest BCUT2D eigenvalue weighted by Crippen LogP contribution is 2.25. The molecule has 8 nitrogen and oxygen atoms in total. The van der Waals surface area contributed by atoms with Crippen molar-refractivity contribution in [2.45, 2.75) is 30.5 Å². The Balaban J connectivity index is 1.50. The first-order chi connectivity index (χ1) is 15.1. The van der Waals surface area contributed by atoms with E-state index in [1.54, 1.807) is 7.11 Å². The fraction of sp³-hybridized carbons (Fsp3) is 0.409. The van der Waals surface area contributed by atoms with Gasteiger partial charge in [0.15, 0.2) is 5.16 Å². The summed E-state index contributed by atoms with van der Waals surface area (Å²) in [6.07, 6.45) is 4.84. The average molecular weight is 442 g/mol. The zero-order valence-electron chi connectivity index (χ0n) is 17.8. The molecule has 1 aliphatic rings. The zero-order chi connectivity index (χ0) is 21.6. The zero-order valence-corrected chi connectivity index (χ0v) is 18.6. The lowest BCUT2D eigenvalue weighted by Gasteiger charge is -2.12. The van der Waals surface area contributed by atoms with Crippen molar-refractivity contribution in [2.75, 3.05) is 26.0 Å². The highest BCUT2D eigenvalue weighted by molar-refractivity contribution is 7.99. The van der Waals surface area contributed by atoms with Crippen LogP contribution in [0.1, 0.15) is 24.4 Å². The quantitative estimate of drug-likeness (QED) is 0.514. The molecule has 0 unspecified atom stereocenters. The molecular formula is C22H27N5O3S. The standard InChI is InChI=1S/C22H27N5O3S/c1-26-11-3-5-17(26)13-20-24-25-22(27(20)16-7-9-18(29-2)10-8-16)31-15-21(28)23-14-19-6-4-12-30-19/h3,5,7-11,19H,4,6,12-15H2,1-2H3,(H,23,28)/t19-/m0/s1. The van der Waals surface area contributed by atoms with Gasteiger partial charge in [0, 0.05) is 44.2 Å². The predicted octanol–water partition coefficient (Wildman–Crippen LogP) is 2.59. The average Bonchev–Trinajstić information content (AvgIpc) is 3.53. The van der Waals surface area contributed by atoms with Crippen molar-refractivity contribution in [1.82, 2.24) is 24.6 Å². The predicted molar refractivity (Wildman–Crippen MR) is 119 cm³/mol. The van der Waals surface area contributed by atoms with Crippen molar-refractivity contribution >= 4 is 17.7 Å². The van der Waals surface area contributed by atoms with Crippen molar-refractivity contribution in [3.63, 3.8) is 0 Å². The summed E-state index contributed by atoms with van der Waals surface area (Å²) >= 11 is 1.38. The molecule has 31 heavy (non-hydrogen) atoms. The van der Waals surface area contributed by atoms with Crippen LogP contribution >= 0.6 is 11.8 Å². The summed E-state index contributed by atoms with van der Waals surface area (Å²) in [7, 11) is 3.66. The van der Waals surface area contributed by atoms with E-state index >= 15 is 0 Å². The van der Waals surface area contributed by atoms with E-state index in [4.69, 9.17) is 9.47 Å². The number of nitrogens with one attached hydrogen (secondary N) is 1. The minimum Gasteiger partial charge on any atom is -0.497 e. The van der Waals surface area contributed by atoms with Crippen LogP contribution in [0.4, 0.5) is 0 Å². The third-order valence-corrected chi connectivity index (χ3v) is 6.23. The molecule has 164 valence electrons. The molecule has 1 amide bonds. The third-order valence-electron chi connectivity index (χ3n) is 5.30. The molecule has 1 atom stereocenters. The van der Waals surface area contributed by atoms with Gasteiger partial charge in [-0.1, -0.05) is 11.8 Å². The number of aryl methyl sites for hydroxylation is 1. The third kappa shape index (κ3) is 5.29.